The van der Waals surface area contributed by atoms with Crippen molar-refractivity contribution in [3.8, 4) is 0 Å². The molecule has 1 aromatic carbocycles. The monoisotopic (exact) mass is 841 g/mol. The van der Waals surface area contributed by atoms with Gasteiger partial charge in [-0.05, 0) is 89.2 Å². The zero-order valence-corrected chi connectivity index (χ0v) is 33.8. The summed E-state index contributed by atoms with van der Waals surface area (Å²) in [4.78, 5) is 71.5. The predicted octanol–water partition coefficient (Wildman–Crippen LogP) is 5.29. The molecule has 0 bridgehead atoms. The maximum Gasteiger partial charge on any atom is 0.427 e. The van der Waals surface area contributed by atoms with Crippen LogP contribution in [0.25, 0.3) is 0 Å². The number of nitrogens with zero attached hydrogens (tertiary/aromatic N) is 2. The molecule has 0 aromatic heterocycles. The number of hydrogen-bond acceptors (Lipinski definition) is 8. The minimum absolute atomic E-state index is 0.0396. The van der Waals surface area contributed by atoms with Crippen LogP contribution < -0.4 is 15.4 Å². The van der Waals surface area contributed by atoms with E-state index in [-0.39, 0.29) is 43.8 Å². The summed E-state index contributed by atoms with van der Waals surface area (Å²) in [6, 6.07) is 0.170. The first-order valence-corrected chi connectivity index (χ1v) is 21.1. The number of sulfonamides is 1. The van der Waals surface area contributed by atoms with Gasteiger partial charge in [0, 0.05) is 23.9 Å². The van der Waals surface area contributed by atoms with Crippen molar-refractivity contribution < 1.29 is 59.8 Å². The molecular formula is C39H51F4N5O9S. The maximum absolute atomic E-state index is 15.1. The Balaban J connectivity index is 1.41. The van der Waals surface area contributed by atoms with Gasteiger partial charge < -0.3 is 25.4 Å². The van der Waals surface area contributed by atoms with Gasteiger partial charge in [0.05, 0.1) is 17.3 Å². The SMILES string of the molecule is CC[C@@H]1C[C@H](C)CC/C=C\[C@@H]2C[C@@]2(C(=O)NS(=O)(=O)C2(C)CC2)NC(=O)[C@@H]2C[C@@H](C3c4cccc(F)c4CN3C(=O)O)CN2C(=O)[C@H]1NC(=O)OC(C)(C)C(F)(F)F. The maximum atomic E-state index is 15.1. The number of halogens is 4. The number of amides is 5. The zero-order chi connectivity index (χ0) is 42.7. The normalized spacial score (nSPS) is 31.7. The molecule has 19 heteroatoms. The number of nitrogens with one attached hydrogen (secondary N) is 3. The lowest BCUT2D eigenvalue weighted by Crippen LogP contribution is -2.60. The van der Waals surface area contributed by atoms with Crippen molar-refractivity contribution in [2.45, 2.75) is 133 Å². The first-order chi connectivity index (χ1) is 26.9. The molecule has 5 aliphatic rings. The number of allylic oxidation sites excluding steroid dienone is 1. The highest BCUT2D eigenvalue weighted by molar-refractivity contribution is 7.91. The van der Waals surface area contributed by atoms with Crippen LogP contribution in [-0.4, -0.2) is 93.9 Å². The van der Waals surface area contributed by atoms with Crippen LogP contribution in [0.5, 0.6) is 0 Å². The molecule has 1 unspecified atom stereocenters. The molecule has 1 saturated heterocycles. The van der Waals surface area contributed by atoms with E-state index in [0.29, 0.717) is 51.5 Å². The number of hydrogen-bond donors (Lipinski definition) is 4. The Kier molecular flexibility index (Phi) is 11.4. The molecule has 2 saturated carbocycles. The molecule has 1 aromatic rings. The molecular weight excluding hydrogens is 791 g/mol. The molecule has 5 amide bonds. The standard InChI is InChI=1S/C39H51F4N5O9S/c1-6-22-16-21(2)10-7-8-11-24-18-38(24,33(51)46-58(55,56)37(5)14-15-37)45-31(49)28-17-23(30-25-12-9-13-27(40)26(25)20-48(30)35(53)54)19-47(28)32(50)29(22)44-34(52)57-36(3,4)39(41,42)43/h8-9,11-13,21-24,28-30H,6-7,10,14-20H2,1-5H3,(H,44,52)(H,45,49)(H,46,51)(H,53,54)/b11-8-/t21-,22-,23-,24-,28+,29+,30?,38-/m1/s1. The Morgan fingerprint density at radius 2 is 1.81 bits per heavy atom. The Labute approximate surface area is 334 Å². The second-order valence-electron chi connectivity index (χ2n) is 17.4. The van der Waals surface area contributed by atoms with E-state index in [1.165, 1.54) is 19.1 Å². The summed E-state index contributed by atoms with van der Waals surface area (Å²) in [6.07, 6.45) is -2.11. The fourth-order valence-corrected chi connectivity index (χ4v) is 9.94. The molecule has 4 N–H and O–H groups in total. The first kappa shape index (κ1) is 43.2. The number of fused-ring (bicyclic) bond motifs is 3. The highest BCUT2D eigenvalue weighted by Gasteiger charge is 2.63. The molecule has 3 aliphatic heterocycles. The first-order valence-electron chi connectivity index (χ1n) is 19.6. The average molecular weight is 842 g/mol. The van der Waals surface area contributed by atoms with Gasteiger partial charge in [-0.2, -0.15) is 13.2 Å². The average Bonchev–Trinajstić information content (AvgIpc) is 3.93. The van der Waals surface area contributed by atoms with Gasteiger partial charge >= 0.3 is 18.4 Å². The van der Waals surface area contributed by atoms with Crippen molar-refractivity contribution in [1.29, 1.82) is 0 Å². The molecule has 14 nitrogen and oxygen atoms in total. The summed E-state index contributed by atoms with van der Waals surface area (Å²) >= 11 is 0. The summed E-state index contributed by atoms with van der Waals surface area (Å²) in [5, 5.41) is 15.4. The summed E-state index contributed by atoms with van der Waals surface area (Å²) in [5.74, 6) is -5.54. The van der Waals surface area contributed by atoms with Crippen molar-refractivity contribution in [1.82, 2.24) is 25.2 Å². The molecule has 58 heavy (non-hydrogen) atoms. The Hall–Kier alpha value is -4.42. The zero-order valence-electron chi connectivity index (χ0n) is 33.0. The highest BCUT2D eigenvalue weighted by Crippen LogP contribution is 2.49. The van der Waals surface area contributed by atoms with Gasteiger partial charge in [0.2, 0.25) is 27.4 Å². The lowest BCUT2D eigenvalue weighted by molar-refractivity contribution is -0.244. The fraction of sp³-hybridized carbons (Fsp3) is 0.667. The molecule has 320 valence electrons. The number of rotatable bonds is 7. The van der Waals surface area contributed by atoms with Crippen LogP contribution in [0.4, 0.5) is 27.2 Å². The van der Waals surface area contributed by atoms with Gasteiger partial charge in [0.1, 0.15) is 23.4 Å². The van der Waals surface area contributed by atoms with E-state index in [9.17, 15) is 50.7 Å². The van der Waals surface area contributed by atoms with Crippen molar-refractivity contribution in [3.05, 3.63) is 47.3 Å². The number of ether oxygens (including phenoxy) is 1. The molecule has 3 heterocycles. The molecule has 2 aliphatic carbocycles. The van der Waals surface area contributed by atoms with Crippen molar-refractivity contribution in [2.24, 2.45) is 23.7 Å². The van der Waals surface area contributed by atoms with Gasteiger partial charge in [-0.1, -0.05) is 44.6 Å². The van der Waals surface area contributed by atoms with Gasteiger partial charge in [0.25, 0.3) is 5.91 Å². The number of alkyl carbamates (subject to hydrolysis) is 1. The second kappa shape index (κ2) is 15.3. The smallest absolute Gasteiger partial charge is 0.427 e. The minimum Gasteiger partial charge on any atom is -0.465 e. The number of carboxylic acid groups (broad SMARTS) is 1. The number of carbonyl (C=O) groups is 5. The largest absolute Gasteiger partial charge is 0.465 e. The second-order valence-corrected chi connectivity index (χ2v) is 19.6. The van der Waals surface area contributed by atoms with Crippen LogP contribution in [0, 0.1) is 29.5 Å². The Bertz CT molecular complexity index is 1990. The van der Waals surface area contributed by atoms with Crippen LogP contribution in [0.1, 0.15) is 103 Å². The lowest BCUT2D eigenvalue weighted by atomic mass is 9.85. The van der Waals surface area contributed by atoms with E-state index in [2.05, 4.69) is 15.4 Å². The molecule has 3 fully saturated rings. The van der Waals surface area contributed by atoms with Gasteiger partial charge in [-0.15, -0.1) is 0 Å². The van der Waals surface area contributed by atoms with Crippen LogP contribution in [0.2, 0.25) is 0 Å². The lowest BCUT2D eigenvalue weighted by Gasteiger charge is -2.35. The van der Waals surface area contributed by atoms with E-state index < -0.39 is 104 Å². The summed E-state index contributed by atoms with van der Waals surface area (Å²) in [5.41, 5.74) is -4.21. The molecule has 8 atom stereocenters. The van der Waals surface area contributed by atoms with Gasteiger partial charge in [-0.3, -0.25) is 24.0 Å². The van der Waals surface area contributed by atoms with Crippen LogP contribution in [0.3, 0.4) is 0 Å². The van der Waals surface area contributed by atoms with Crippen molar-refractivity contribution in [2.75, 3.05) is 6.54 Å². The van der Waals surface area contributed by atoms with Gasteiger partial charge in [-0.25, -0.2) is 22.4 Å². The highest BCUT2D eigenvalue weighted by atomic mass is 32.2. The van der Waals surface area contributed by atoms with E-state index >= 15 is 4.39 Å². The van der Waals surface area contributed by atoms with Crippen LogP contribution in [-0.2, 0) is 35.7 Å². The number of benzene rings is 1. The Morgan fingerprint density at radius 1 is 1.12 bits per heavy atom. The van der Waals surface area contributed by atoms with E-state index in [0.717, 1.165) is 9.80 Å². The fourth-order valence-electron chi connectivity index (χ4n) is 8.63. The number of alkyl halides is 3. The van der Waals surface area contributed by atoms with E-state index in [1.807, 2.05) is 13.0 Å². The third-order valence-electron chi connectivity index (χ3n) is 12.8. The topological polar surface area (TPSA) is 192 Å². The van der Waals surface area contributed by atoms with Crippen LogP contribution in [0.15, 0.2) is 30.4 Å². The summed E-state index contributed by atoms with van der Waals surface area (Å²) in [6.45, 7) is 5.87. The van der Waals surface area contributed by atoms with E-state index in [4.69, 9.17) is 4.74 Å². The van der Waals surface area contributed by atoms with Gasteiger partial charge in [0.15, 0.2) is 0 Å². The van der Waals surface area contributed by atoms with E-state index in [1.54, 1.807) is 19.1 Å². The predicted molar refractivity (Wildman–Crippen MR) is 199 cm³/mol. The number of carbonyl (C=O) groups excluding carboxylic acids is 4. The summed E-state index contributed by atoms with van der Waals surface area (Å²) < 4.78 is 88.7. The van der Waals surface area contributed by atoms with Crippen LogP contribution >= 0.6 is 0 Å². The molecule has 0 spiro atoms. The molecule has 6 rings (SSSR count). The van der Waals surface area contributed by atoms with Crippen molar-refractivity contribution >= 4 is 39.9 Å². The molecule has 0 radical (unpaired) electrons. The quantitative estimate of drug-likeness (QED) is 0.209. The third-order valence-corrected chi connectivity index (χ3v) is 15.0. The summed E-state index contributed by atoms with van der Waals surface area (Å²) in [7, 11) is -4.13. The third kappa shape index (κ3) is 8.11. The van der Waals surface area contributed by atoms with Crippen molar-refractivity contribution in [3.63, 3.8) is 0 Å². The minimum atomic E-state index is -4.96. The Morgan fingerprint density at radius 3 is 2.43 bits per heavy atom.